The first-order valence-electron chi connectivity index (χ1n) is 7.45. The molecule has 108 valence electrons. The van der Waals surface area contributed by atoms with Crippen LogP contribution < -0.4 is 10.6 Å². The number of nitrogens with two attached hydrogens (primary N) is 1. The van der Waals surface area contributed by atoms with E-state index in [2.05, 4.69) is 50.6 Å². The maximum Gasteiger partial charge on any atom is 0.137 e. The first kappa shape index (κ1) is 13.4. The molecular weight excluding hydrogens is 250 g/mol. The fourth-order valence-corrected chi connectivity index (χ4v) is 2.81. The molecule has 0 atom stereocenters. The van der Waals surface area contributed by atoms with E-state index < -0.39 is 0 Å². The maximum atomic E-state index is 5.59. The second-order valence-corrected chi connectivity index (χ2v) is 5.34. The summed E-state index contributed by atoms with van der Waals surface area (Å²) in [6, 6.07) is 4.28. The predicted octanol–water partition coefficient (Wildman–Crippen LogP) is 0.977. The lowest BCUT2D eigenvalue weighted by Crippen LogP contribution is -2.46. The summed E-state index contributed by atoms with van der Waals surface area (Å²) in [4.78, 5) is 9.51. The molecule has 1 aliphatic rings. The third kappa shape index (κ3) is 2.64. The van der Waals surface area contributed by atoms with Gasteiger partial charge in [0.2, 0.25) is 0 Å². The molecule has 1 fully saturated rings. The van der Waals surface area contributed by atoms with Gasteiger partial charge < -0.3 is 19.9 Å². The van der Waals surface area contributed by atoms with Crippen molar-refractivity contribution in [2.75, 3.05) is 44.2 Å². The third-order valence-electron chi connectivity index (χ3n) is 4.07. The van der Waals surface area contributed by atoms with Crippen LogP contribution in [-0.4, -0.2) is 53.6 Å². The molecule has 2 N–H and O–H groups in total. The zero-order valence-corrected chi connectivity index (χ0v) is 12.1. The molecule has 1 aliphatic heterocycles. The normalized spacial score (nSPS) is 17.0. The molecule has 1 saturated heterocycles. The highest BCUT2D eigenvalue weighted by atomic mass is 15.3. The third-order valence-corrected chi connectivity index (χ3v) is 4.07. The molecule has 20 heavy (non-hydrogen) atoms. The van der Waals surface area contributed by atoms with Crippen molar-refractivity contribution in [1.82, 2.24) is 14.3 Å². The molecule has 0 saturated carbocycles. The summed E-state index contributed by atoms with van der Waals surface area (Å²) in [5.41, 5.74) is 8.95. The summed E-state index contributed by atoms with van der Waals surface area (Å²) < 4.78 is 2.12. The van der Waals surface area contributed by atoms with Gasteiger partial charge in [-0.05, 0) is 25.2 Å². The van der Waals surface area contributed by atoms with Crippen LogP contribution in [0.4, 0.5) is 5.69 Å². The molecule has 0 spiro atoms. The lowest BCUT2D eigenvalue weighted by atomic mass is 10.2. The molecule has 3 rings (SSSR count). The number of rotatable bonds is 4. The van der Waals surface area contributed by atoms with Crippen molar-refractivity contribution in [2.24, 2.45) is 5.73 Å². The monoisotopic (exact) mass is 273 g/mol. The lowest BCUT2D eigenvalue weighted by Gasteiger charge is -2.35. The van der Waals surface area contributed by atoms with Crippen LogP contribution in [0.25, 0.3) is 5.65 Å². The highest BCUT2D eigenvalue weighted by Crippen LogP contribution is 2.18. The van der Waals surface area contributed by atoms with Crippen molar-refractivity contribution >= 4 is 11.3 Å². The Morgan fingerprint density at radius 2 is 1.95 bits per heavy atom. The van der Waals surface area contributed by atoms with Gasteiger partial charge in [0.15, 0.2) is 0 Å². The van der Waals surface area contributed by atoms with Crippen LogP contribution in [0.15, 0.2) is 24.5 Å². The molecule has 2 aromatic heterocycles. The quantitative estimate of drug-likeness (QED) is 0.902. The van der Waals surface area contributed by atoms with Gasteiger partial charge in [0.05, 0.1) is 11.4 Å². The average molecular weight is 273 g/mol. The average Bonchev–Trinajstić information content (AvgIpc) is 2.89. The number of likely N-dealkylation sites (N-methyl/N-ethyl adjacent to an activating group) is 1. The van der Waals surface area contributed by atoms with Crippen molar-refractivity contribution in [3.63, 3.8) is 0 Å². The molecule has 5 nitrogen and oxygen atoms in total. The van der Waals surface area contributed by atoms with E-state index in [1.165, 1.54) is 5.69 Å². The lowest BCUT2D eigenvalue weighted by molar-refractivity contribution is 0.271. The van der Waals surface area contributed by atoms with Gasteiger partial charge in [-0.15, -0.1) is 0 Å². The van der Waals surface area contributed by atoms with Crippen molar-refractivity contribution in [3.8, 4) is 0 Å². The fourth-order valence-electron chi connectivity index (χ4n) is 2.81. The van der Waals surface area contributed by atoms with Crippen LogP contribution in [-0.2, 0) is 6.42 Å². The predicted molar refractivity (Wildman–Crippen MR) is 82.3 cm³/mol. The number of piperazine rings is 1. The topological polar surface area (TPSA) is 49.8 Å². The SMILES string of the molecule is CCN1CCN(c2ccc3nc(CCN)cn3c2)CC1. The van der Waals surface area contributed by atoms with Crippen LogP contribution in [0.5, 0.6) is 0 Å². The molecule has 2 aromatic rings. The van der Waals surface area contributed by atoms with Crippen LogP contribution in [0.1, 0.15) is 12.6 Å². The van der Waals surface area contributed by atoms with Crippen LogP contribution in [0.2, 0.25) is 0 Å². The van der Waals surface area contributed by atoms with Crippen molar-refractivity contribution < 1.29 is 0 Å². The van der Waals surface area contributed by atoms with Crippen LogP contribution in [0, 0.1) is 0 Å². The van der Waals surface area contributed by atoms with Gasteiger partial charge in [0.25, 0.3) is 0 Å². The minimum absolute atomic E-state index is 0.649. The smallest absolute Gasteiger partial charge is 0.137 e. The van der Waals surface area contributed by atoms with Crippen molar-refractivity contribution in [2.45, 2.75) is 13.3 Å². The van der Waals surface area contributed by atoms with E-state index in [1.807, 2.05) is 0 Å². The molecule has 0 aromatic carbocycles. The summed E-state index contributed by atoms with van der Waals surface area (Å²) in [7, 11) is 0. The number of nitrogens with zero attached hydrogens (tertiary/aromatic N) is 4. The Balaban J connectivity index is 1.78. The Bertz CT molecular complexity index is 569. The highest BCUT2D eigenvalue weighted by Gasteiger charge is 2.16. The van der Waals surface area contributed by atoms with E-state index in [1.54, 1.807) is 0 Å². The number of anilines is 1. The molecule has 0 aliphatic carbocycles. The summed E-state index contributed by atoms with van der Waals surface area (Å²) >= 11 is 0. The number of fused-ring (bicyclic) bond motifs is 1. The first-order chi connectivity index (χ1) is 9.80. The minimum Gasteiger partial charge on any atom is -0.368 e. The largest absolute Gasteiger partial charge is 0.368 e. The number of hydrogen-bond acceptors (Lipinski definition) is 4. The van der Waals surface area contributed by atoms with E-state index in [9.17, 15) is 0 Å². The van der Waals surface area contributed by atoms with E-state index in [0.29, 0.717) is 6.54 Å². The summed E-state index contributed by atoms with van der Waals surface area (Å²) in [6.45, 7) is 8.53. The van der Waals surface area contributed by atoms with Crippen molar-refractivity contribution in [3.05, 3.63) is 30.2 Å². The molecule has 0 radical (unpaired) electrons. The molecule has 0 amide bonds. The van der Waals surface area contributed by atoms with E-state index in [4.69, 9.17) is 5.73 Å². The second kappa shape index (κ2) is 5.81. The van der Waals surface area contributed by atoms with E-state index in [0.717, 1.165) is 50.5 Å². The molecular formula is C15H23N5. The van der Waals surface area contributed by atoms with Gasteiger partial charge in [0.1, 0.15) is 5.65 Å². The van der Waals surface area contributed by atoms with Crippen molar-refractivity contribution in [1.29, 1.82) is 0 Å². The Kier molecular flexibility index (Phi) is 3.89. The minimum atomic E-state index is 0.649. The van der Waals surface area contributed by atoms with Gasteiger partial charge >= 0.3 is 0 Å². The summed E-state index contributed by atoms with van der Waals surface area (Å²) in [5, 5.41) is 0. The summed E-state index contributed by atoms with van der Waals surface area (Å²) in [6.07, 6.45) is 5.12. The number of hydrogen-bond donors (Lipinski definition) is 1. The van der Waals surface area contributed by atoms with Gasteiger partial charge in [-0.2, -0.15) is 0 Å². The Morgan fingerprint density at radius 3 is 2.65 bits per heavy atom. The molecule has 0 unspecified atom stereocenters. The molecule has 5 heteroatoms. The Hall–Kier alpha value is -1.59. The first-order valence-corrected chi connectivity index (χ1v) is 7.45. The van der Waals surface area contributed by atoms with Gasteiger partial charge in [-0.25, -0.2) is 4.98 Å². The van der Waals surface area contributed by atoms with Gasteiger partial charge in [-0.1, -0.05) is 6.92 Å². The number of imidazole rings is 1. The zero-order chi connectivity index (χ0) is 13.9. The second-order valence-electron chi connectivity index (χ2n) is 5.34. The highest BCUT2D eigenvalue weighted by molar-refractivity contribution is 5.52. The fraction of sp³-hybridized carbons (Fsp3) is 0.533. The number of pyridine rings is 1. The molecule has 3 heterocycles. The zero-order valence-electron chi connectivity index (χ0n) is 12.1. The Labute approximate surface area is 120 Å². The van der Waals surface area contributed by atoms with E-state index in [-0.39, 0.29) is 0 Å². The van der Waals surface area contributed by atoms with Crippen LogP contribution in [0.3, 0.4) is 0 Å². The van der Waals surface area contributed by atoms with Gasteiger partial charge in [-0.3, -0.25) is 0 Å². The van der Waals surface area contributed by atoms with E-state index >= 15 is 0 Å². The number of aromatic nitrogens is 2. The summed E-state index contributed by atoms with van der Waals surface area (Å²) in [5.74, 6) is 0. The standard InChI is InChI=1S/C15H23N5/c1-2-18-7-9-19(10-8-18)14-3-4-15-17-13(5-6-16)11-20(15)12-14/h3-4,11-12H,2,5-10,16H2,1H3. The molecule has 0 bridgehead atoms. The Morgan fingerprint density at radius 1 is 1.15 bits per heavy atom. The van der Waals surface area contributed by atoms with Crippen LogP contribution >= 0.6 is 0 Å². The maximum absolute atomic E-state index is 5.59. The van der Waals surface area contributed by atoms with Gasteiger partial charge in [0, 0.05) is 45.0 Å².